The Morgan fingerprint density at radius 1 is 1.25 bits per heavy atom. The summed E-state index contributed by atoms with van der Waals surface area (Å²) in [6.07, 6.45) is 0. The van der Waals surface area contributed by atoms with Crippen molar-refractivity contribution in [1.29, 1.82) is 0 Å². The maximum Gasteiger partial charge on any atom is 0.0978 e. The highest BCUT2D eigenvalue weighted by Crippen LogP contribution is 2.21. The Hall–Kier alpha value is -0.120. The molecule has 0 radical (unpaired) electrons. The summed E-state index contributed by atoms with van der Waals surface area (Å²) in [4.78, 5) is 2.14. The first kappa shape index (κ1) is 9.96. The minimum absolute atomic E-state index is 0.0283. The van der Waals surface area contributed by atoms with Gasteiger partial charge < -0.3 is 9.84 Å². The minimum atomic E-state index is -0.706. The molecule has 1 unspecified atom stereocenters. The number of aliphatic hydroxyl groups is 1. The molecule has 0 aliphatic carbocycles. The standard InChI is InChI=1S/C9H19NO2/c1-8(2)6-12-7-9(3,11)5-10(8)4/h11H,5-7H2,1-4H3. The topological polar surface area (TPSA) is 32.7 Å². The van der Waals surface area contributed by atoms with Gasteiger partial charge in [0.1, 0.15) is 0 Å². The van der Waals surface area contributed by atoms with Crippen LogP contribution in [-0.4, -0.2) is 48.0 Å². The van der Waals surface area contributed by atoms with Crippen molar-refractivity contribution in [3.63, 3.8) is 0 Å². The van der Waals surface area contributed by atoms with Crippen LogP contribution < -0.4 is 0 Å². The Balaban J connectivity index is 2.69. The van der Waals surface area contributed by atoms with Crippen molar-refractivity contribution in [3.05, 3.63) is 0 Å². The molecule has 72 valence electrons. The molecule has 1 fully saturated rings. The van der Waals surface area contributed by atoms with Gasteiger partial charge in [-0.1, -0.05) is 0 Å². The molecule has 0 bridgehead atoms. The zero-order valence-electron chi connectivity index (χ0n) is 8.42. The highest BCUT2D eigenvalue weighted by Gasteiger charge is 2.34. The highest BCUT2D eigenvalue weighted by molar-refractivity contribution is 4.88. The molecule has 1 rings (SSSR count). The van der Waals surface area contributed by atoms with Gasteiger partial charge in [-0.15, -0.1) is 0 Å². The van der Waals surface area contributed by atoms with Crippen LogP contribution in [0.5, 0.6) is 0 Å². The van der Waals surface area contributed by atoms with Gasteiger partial charge in [-0.3, -0.25) is 4.90 Å². The van der Waals surface area contributed by atoms with Crippen molar-refractivity contribution in [2.24, 2.45) is 0 Å². The summed E-state index contributed by atoms with van der Waals surface area (Å²) < 4.78 is 5.40. The molecule has 1 atom stereocenters. The summed E-state index contributed by atoms with van der Waals surface area (Å²) in [5.41, 5.74) is -0.678. The van der Waals surface area contributed by atoms with Gasteiger partial charge in [0.25, 0.3) is 0 Å². The van der Waals surface area contributed by atoms with Gasteiger partial charge in [0.05, 0.1) is 18.8 Å². The maximum atomic E-state index is 9.79. The van der Waals surface area contributed by atoms with Gasteiger partial charge in [-0.05, 0) is 27.8 Å². The third kappa shape index (κ3) is 2.19. The average molecular weight is 173 g/mol. The van der Waals surface area contributed by atoms with Crippen molar-refractivity contribution in [2.45, 2.75) is 31.9 Å². The fraction of sp³-hybridized carbons (Fsp3) is 1.00. The van der Waals surface area contributed by atoms with E-state index in [4.69, 9.17) is 4.74 Å². The Morgan fingerprint density at radius 2 is 1.83 bits per heavy atom. The SMILES string of the molecule is CN1CC(C)(O)COCC1(C)C. The van der Waals surface area contributed by atoms with E-state index in [0.29, 0.717) is 19.8 Å². The van der Waals surface area contributed by atoms with Crippen LogP contribution in [0.1, 0.15) is 20.8 Å². The predicted molar refractivity (Wildman–Crippen MR) is 48.2 cm³/mol. The first-order valence-electron chi connectivity index (χ1n) is 4.35. The van der Waals surface area contributed by atoms with E-state index in [1.54, 1.807) is 0 Å². The molecule has 12 heavy (non-hydrogen) atoms. The molecular weight excluding hydrogens is 154 g/mol. The summed E-state index contributed by atoms with van der Waals surface area (Å²) in [7, 11) is 2.02. The third-order valence-electron chi connectivity index (χ3n) is 2.48. The second kappa shape index (κ2) is 2.98. The molecule has 0 aromatic rings. The lowest BCUT2D eigenvalue weighted by Crippen LogP contribution is -2.48. The van der Waals surface area contributed by atoms with Gasteiger partial charge in [-0.25, -0.2) is 0 Å². The highest BCUT2D eigenvalue weighted by atomic mass is 16.5. The van der Waals surface area contributed by atoms with E-state index < -0.39 is 5.60 Å². The molecule has 1 N–H and O–H groups in total. The predicted octanol–water partition coefficient (Wildman–Crippen LogP) is 0.478. The fourth-order valence-corrected chi connectivity index (χ4v) is 1.40. The number of rotatable bonds is 0. The van der Waals surface area contributed by atoms with Crippen molar-refractivity contribution in [2.75, 3.05) is 26.8 Å². The average Bonchev–Trinajstić information content (AvgIpc) is 1.90. The molecule has 3 nitrogen and oxygen atoms in total. The summed E-state index contributed by atoms with van der Waals surface area (Å²) in [5.74, 6) is 0. The van der Waals surface area contributed by atoms with Gasteiger partial charge in [-0.2, -0.15) is 0 Å². The van der Waals surface area contributed by atoms with Crippen LogP contribution in [0.4, 0.5) is 0 Å². The Labute approximate surface area is 74.3 Å². The molecule has 1 saturated heterocycles. The fourth-order valence-electron chi connectivity index (χ4n) is 1.40. The Kier molecular flexibility index (Phi) is 2.47. The summed E-state index contributed by atoms with van der Waals surface area (Å²) >= 11 is 0. The minimum Gasteiger partial charge on any atom is -0.386 e. The molecule has 1 heterocycles. The van der Waals surface area contributed by atoms with Gasteiger partial charge in [0, 0.05) is 12.1 Å². The number of likely N-dealkylation sites (N-methyl/N-ethyl adjacent to an activating group) is 1. The number of hydrogen-bond donors (Lipinski definition) is 1. The van der Waals surface area contributed by atoms with Crippen molar-refractivity contribution < 1.29 is 9.84 Å². The van der Waals surface area contributed by atoms with Crippen LogP contribution in [0, 0.1) is 0 Å². The van der Waals surface area contributed by atoms with E-state index in [9.17, 15) is 5.11 Å². The number of hydrogen-bond acceptors (Lipinski definition) is 3. The molecule has 0 aromatic heterocycles. The zero-order chi connectivity index (χ0) is 9.41. The number of β-amino-alcohol motifs (C(OH)–C–C–N with tert-alkyl or cyclic N) is 1. The maximum absolute atomic E-state index is 9.79. The van der Waals surface area contributed by atoms with Crippen LogP contribution in [0.2, 0.25) is 0 Å². The number of ether oxygens (including phenoxy) is 1. The molecule has 0 saturated carbocycles. The van der Waals surface area contributed by atoms with E-state index in [1.165, 1.54) is 0 Å². The van der Waals surface area contributed by atoms with E-state index in [1.807, 2.05) is 14.0 Å². The Bertz CT molecular complexity index is 166. The molecular formula is C9H19NO2. The van der Waals surface area contributed by atoms with Gasteiger partial charge in [0.15, 0.2) is 0 Å². The molecule has 0 aromatic carbocycles. The van der Waals surface area contributed by atoms with Crippen molar-refractivity contribution in [1.82, 2.24) is 4.90 Å². The lowest BCUT2D eigenvalue weighted by Gasteiger charge is -2.34. The smallest absolute Gasteiger partial charge is 0.0978 e. The molecule has 0 amide bonds. The lowest BCUT2D eigenvalue weighted by atomic mass is 10.0. The van der Waals surface area contributed by atoms with E-state index in [-0.39, 0.29) is 5.54 Å². The first-order valence-corrected chi connectivity index (χ1v) is 4.35. The second-order valence-corrected chi connectivity index (χ2v) is 4.66. The molecule has 1 aliphatic rings. The van der Waals surface area contributed by atoms with Crippen LogP contribution >= 0.6 is 0 Å². The molecule has 3 heteroatoms. The molecule has 1 aliphatic heterocycles. The zero-order valence-corrected chi connectivity index (χ0v) is 8.42. The van der Waals surface area contributed by atoms with Crippen LogP contribution in [0.15, 0.2) is 0 Å². The normalized spacial score (nSPS) is 37.8. The van der Waals surface area contributed by atoms with Crippen molar-refractivity contribution in [3.8, 4) is 0 Å². The van der Waals surface area contributed by atoms with E-state index in [0.717, 1.165) is 0 Å². The summed E-state index contributed by atoms with van der Waals surface area (Å²) in [6, 6.07) is 0. The first-order chi connectivity index (χ1) is 5.33. The number of nitrogens with zero attached hydrogens (tertiary/aromatic N) is 1. The lowest BCUT2D eigenvalue weighted by molar-refractivity contribution is -0.0204. The molecule has 0 spiro atoms. The van der Waals surface area contributed by atoms with Crippen LogP contribution in [0.25, 0.3) is 0 Å². The quantitative estimate of drug-likeness (QED) is 0.578. The van der Waals surface area contributed by atoms with Gasteiger partial charge in [0.2, 0.25) is 0 Å². The Morgan fingerprint density at radius 3 is 2.42 bits per heavy atom. The largest absolute Gasteiger partial charge is 0.386 e. The van der Waals surface area contributed by atoms with E-state index >= 15 is 0 Å². The second-order valence-electron chi connectivity index (χ2n) is 4.66. The van der Waals surface area contributed by atoms with Gasteiger partial charge >= 0.3 is 0 Å². The monoisotopic (exact) mass is 173 g/mol. The third-order valence-corrected chi connectivity index (χ3v) is 2.48. The summed E-state index contributed by atoms with van der Waals surface area (Å²) in [5, 5.41) is 9.79. The van der Waals surface area contributed by atoms with E-state index in [2.05, 4.69) is 18.7 Å². The van der Waals surface area contributed by atoms with Crippen molar-refractivity contribution >= 4 is 0 Å². The van der Waals surface area contributed by atoms with Crippen LogP contribution in [0.3, 0.4) is 0 Å². The van der Waals surface area contributed by atoms with Crippen LogP contribution in [-0.2, 0) is 4.74 Å². The summed E-state index contributed by atoms with van der Waals surface area (Å²) in [6.45, 7) is 7.83.